The number of halogens is 5. The Morgan fingerprint density at radius 2 is 1.60 bits per heavy atom. The molecule has 0 amide bonds. The first-order chi connectivity index (χ1) is 14.3. The lowest BCUT2D eigenvalue weighted by atomic mass is 9.83. The highest BCUT2D eigenvalue weighted by Crippen LogP contribution is 2.44. The van der Waals surface area contributed by atoms with Crippen molar-refractivity contribution in [3.05, 3.63) is 47.5 Å². The lowest BCUT2D eigenvalue weighted by Crippen LogP contribution is -2.17. The first-order valence-corrected chi connectivity index (χ1v) is 10.9. The van der Waals surface area contributed by atoms with Gasteiger partial charge in [-0.3, -0.25) is 0 Å². The van der Waals surface area contributed by atoms with E-state index in [1.54, 1.807) is 12.1 Å². The highest BCUT2D eigenvalue weighted by molar-refractivity contribution is 7.25. The van der Waals surface area contributed by atoms with E-state index < -0.39 is 23.7 Å². The van der Waals surface area contributed by atoms with Gasteiger partial charge in [0.25, 0.3) is 0 Å². The van der Waals surface area contributed by atoms with E-state index in [0.717, 1.165) is 48.2 Å². The number of hydrogen-bond donors (Lipinski definition) is 0. The molecule has 1 heterocycles. The third kappa shape index (κ3) is 3.68. The Kier molecular flexibility index (Phi) is 4.76. The van der Waals surface area contributed by atoms with Gasteiger partial charge in [-0.1, -0.05) is 31.1 Å². The van der Waals surface area contributed by atoms with Gasteiger partial charge in [0.15, 0.2) is 11.6 Å². The fourth-order valence-electron chi connectivity index (χ4n) is 4.44. The number of rotatable bonds is 4. The Balaban J connectivity index is 1.51. The zero-order valence-corrected chi connectivity index (χ0v) is 16.8. The summed E-state index contributed by atoms with van der Waals surface area (Å²) in [5, 5.41) is 0.881. The summed E-state index contributed by atoms with van der Waals surface area (Å²) >= 11 is 0.826. The van der Waals surface area contributed by atoms with Crippen LogP contribution < -0.4 is 4.74 Å². The van der Waals surface area contributed by atoms with Gasteiger partial charge in [0.1, 0.15) is 5.82 Å². The van der Waals surface area contributed by atoms with Crippen LogP contribution in [0.4, 0.5) is 22.0 Å². The molecule has 0 saturated heterocycles. The van der Waals surface area contributed by atoms with Crippen LogP contribution in [0.5, 0.6) is 5.75 Å². The van der Waals surface area contributed by atoms with Gasteiger partial charge in [0.05, 0.1) is 9.40 Å². The molecular weight excluding hydrogens is 419 g/mol. The maximum atomic E-state index is 15.3. The van der Waals surface area contributed by atoms with Crippen LogP contribution in [0.25, 0.3) is 25.7 Å². The third-order valence-corrected chi connectivity index (χ3v) is 7.31. The Morgan fingerprint density at radius 3 is 2.23 bits per heavy atom. The van der Waals surface area contributed by atoms with Gasteiger partial charge in [-0.15, -0.1) is 24.5 Å². The Morgan fingerprint density at radius 1 is 0.900 bits per heavy atom. The summed E-state index contributed by atoms with van der Waals surface area (Å²) in [5.74, 6) is -0.917. The van der Waals surface area contributed by atoms with Crippen LogP contribution in [0.3, 0.4) is 0 Å². The molecule has 0 spiro atoms. The molecule has 7 heteroatoms. The smallest absolute Gasteiger partial charge is 0.403 e. The van der Waals surface area contributed by atoms with Crippen molar-refractivity contribution in [2.75, 3.05) is 0 Å². The average Bonchev–Trinajstić information content (AvgIpc) is 3.42. The summed E-state index contributed by atoms with van der Waals surface area (Å²) in [4.78, 5) is 0. The van der Waals surface area contributed by atoms with Crippen molar-refractivity contribution in [3.8, 4) is 5.75 Å². The molecule has 2 aliphatic carbocycles. The van der Waals surface area contributed by atoms with Crippen LogP contribution >= 0.6 is 11.3 Å². The first-order valence-electron chi connectivity index (χ1n) is 10.1. The maximum Gasteiger partial charge on any atom is 0.573 e. The molecule has 1 saturated carbocycles. The molecule has 1 fully saturated rings. The van der Waals surface area contributed by atoms with Crippen molar-refractivity contribution in [3.63, 3.8) is 0 Å². The lowest BCUT2D eigenvalue weighted by molar-refractivity contribution is -0.275. The molecule has 2 aromatic carbocycles. The molecule has 1 aromatic heterocycles. The summed E-state index contributed by atoms with van der Waals surface area (Å²) < 4.78 is 71.4. The van der Waals surface area contributed by atoms with Gasteiger partial charge < -0.3 is 4.74 Å². The van der Waals surface area contributed by atoms with Gasteiger partial charge in [-0.2, -0.15) is 0 Å². The minimum atomic E-state index is -4.99. The molecule has 1 nitrogen and oxygen atoms in total. The quantitative estimate of drug-likeness (QED) is 0.373. The molecule has 0 N–H and O–H groups in total. The van der Waals surface area contributed by atoms with E-state index in [1.807, 2.05) is 0 Å². The second kappa shape index (κ2) is 7.22. The van der Waals surface area contributed by atoms with Crippen LogP contribution in [0.2, 0.25) is 0 Å². The van der Waals surface area contributed by atoms with Gasteiger partial charge in [0.2, 0.25) is 0 Å². The molecular formula is C23H19F5OS. The van der Waals surface area contributed by atoms with E-state index in [9.17, 15) is 17.6 Å². The zero-order chi connectivity index (χ0) is 21.0. The van der Waals surface area contributed by atoms with Crippen molar-refractivity contribution >= 4 is 37.1 Å². The standard InChI is InChI=1S/C23H19F5OS/c24-19-15(14-5-3-13(4-6-14)11-12-1-2-12)7-8-16-17-9-10-18(29-23(26,27)28)20(25)22(17)30-21(16)19/h5,7-10,12-13H,1-4,6,11H2. The number of allylic oxidation sites excluding steroid dienone is 2. The van der Waals surface area contributed by atoms with E-state index in [0.29, 0.717) is 22.3 Å². The molecule has 30 heavy (non-hydrogen) atoms. The summed E-state index contributed by atoms with van der Waals surface area (Å²) in [5.41, 5.74) is 1.46. The van der Waals surface area contributed by atoms with Gasteiger partial charge >= 0.3 is 6.36 Å². The number of hydrogen-bond acceptors (Lipinski definition) is 2. The van der Waals surface area contributed by atoms with Crippen molar-refractivity contribution in [2.45, 2.75) is 44.9 Å². The van der Waals surface area contributed by atoms with E-state index >= 15 is 4.39 Å². The molecule has 0 bridgehead atoms. The van der Waals surface area contributed by atoms with Crippen molar-refractivity contribution in [1.29, 1.82) is 0 Å². The number of alkyl halides is 3. The summed E-state index contributed by atoms with van der Waals surface area (Å²) in [6.45, 7) is 0. The molecule has 1 atom stereocenters. The van der Waals surface area contributed by atoms with E-state index in [4.69, 9.17) is 0 Å². The van der Waals surface area contributed by atoms with Crippen LogP contribution in [-0.2, 0) is 0 Å². The molecule has 158 valence electrons. The predicted molar refractivity (Wildman–Crippen MR) is 109 cm³/mol. The topological polar surface area (TPSA) is 9.23 Å². The summed E-state index contributed by atoms with van der Waals surface area (Å²) in [6, 6.07) is 5.72. The van der Waals surface area contributed by atoms with E-state index in [2.05, 4.69) is 10.8 Å². The fraction of sp³-hybridized carbons (Fsp3) is 0.391. The second-order valence-corrected chi connectivity index (χ2v) is 9.28. The second-order valence-electron chi connectivity index (χ2n) is 8.26. The largest absolute Gasteiger partial charge is 0.573 e. The third-order valence-electron chi connectivity index (χ3n) is 6.11. The average molecular weight is 438 g/mol. The van der Waals surface area contributed by atoms with Crippen molar-refractivity contribution in [2.24, 2.45) is 11.8 Å². The van der Waals surface area contributed by atoms with Gasteiger partial charge in [-0.05, 0) is 55.2 Å². The summed E-state index contributed by atoms with van der Waals surface area (Å²) in [7, 11) is 0. The van der Waals surface area contributed by atoms with Crippen LogP contribution in [0.1, 0.15) is 44.1 Å². The first kappa shape index (κ1) is 19.8. The molecule has 0 radical (unpaired) electrons. The number of thiophene rings is 1. The molecule has 3 aromatic rings. The monoisotopic (exact) mass is 438 g/mol. The maximum absolute atomic E-state index is 15.3. The van der Waals surface area contributed by atoms with Crippen LogP contribution in [0, 0.1) is 23.5 Å². The Labute approximate surface area is 174 Å². The van der Waals surface area contributed by atoms with E-state index in [-0.39, 0.29) is 9.40 Å². The molecule has 1 unspecified atom stereocenters. The predicted octanol–water partition coefficient (Wildman–Crippen LogP) is 8.21. The molecule has 2 aliphatic rings. The fourth-order valence-corrected chi connectivity index (χ4v) is 5.61. The lowest BCUT2D eigenvalue weighted by Gasteiger charge is -2.22. The van der Waals surface area contributed by atoms with Gasteiger partial charge in [0, 0.05) is 16.3 Å². The zero-order valence-electron chi connectivity index (χ0n) is 16.0. The number of fused-ring (bicyclic) bond motifs is 3. The number of ether oxygens (including phenoxy) is 1. The van der Waals surface area contributed by atoms with Crippen molar-refractivity contribution < 1.29 is 26.7 Å². The highest BCUT2D eigenvalue weighted by Gasteiger charge is 2.33. The SMILES string of the molecule is Fc1c(OC(F)(F)F)ccc2c1sc1c(F)c(C3=CCC(CC4CC4)CC3)ccc12. The van der Waals surface area contributed by atoms with Crippen LogP contribution in [0.15, 0.2) is 30.3 Å². The van der Waals surface area contributed by atoms with Crippen molar-refractivity contribution in [1.82, 2.24) is 0 Å². The number of benzene rings is 2. The normalized spacial score (nSPS) is 20.0. The Bertz CT molecular complexity index is 1160. The molecule has 0 aliphatic heterocycles. The summed E-state index contributed by atoms with van der Waals surface area (Å²) in [6.07, 6.45) is 3.83. The van der Waals surface area contributed by atoms with E-state index in [1.165, 1.54) is 25.3 Å². The minimum Gasteiger partial charge on any atom is -0.403 e. The Hall–Kier alpha value is -2.15. The van der Waals surface area contributed by atoms with Gasteiger partial charge in [-0.25, -0.2) is 8.78 Å². The highest BCUT2D eigenvalue weighted by atomic mass is 32.1. The minimum absolute atomic E-state index is 0.0371. The van der Waals surface area contributed by atoms with Crippen LogP contribution in [-0.4, -0.2) is 6.36 Å². The molecule has 5 rings (SSSR count).